The van der Waals surface area contributed by atoms with Crippen molar-refractivity contribution in [3.63, 3.8) is 0 Å². The second-order valence-corrected chi connectivity index (χ2v) is 4.99. The Kier molecular flexibility index (Phi) is 6.24. The molecule has 0 aliphatic rings. The quantitative estimate of drug-likeness (QED) is 0.756. The standard InChI is InChI=1S/C17H20N4O3/c1-3-13-16(19-9-8-18-13)17(23)20-10-11-24-15-7-5-4-6-14(15)21-12(2)22/h4-9H,3,10-11H2,1-2H3,(H,20,23)(H,21,22). The first kappa shape index (κ1) is 17.4. The number of anilines is 1. The number of ether oxygens (including phenoxy) is 1. The molecule has 7 nitrogen and oxygen atoms in total. The second-order valence-electron chi connectivity index (χ2n) is 4.99. The van der Waals surface area contributed by atoms with E-state index in [2.05, 4.69) is 20.6 Å². The van der Waals surface area contributed by atoms with Gasteiger partial charge in [-0.05, 0) is 18.6 Å². The molecule has 0 fully saturated rings. The summed E-state index contributed by atoms with van der Waals surface area (Å²) in [5, 5.41) is 5.44. The number of aryl methyl sites for hydroxylation is 1. The average Bonchev–Trinajstić information content (AvgIpc) is 2.59. The summed E-state index contributed by atoms with van der Waals surface area (Å²) in [6.07, 6.45) is 3.70. The van der Waals surface area contributed by atoms with Crippen LogP contribution in [0.3, 0.4) is 0 Å². The maximum absolute atomic E-state index is 12.1. The zero-order valence-corrected chi connectivity index (χ0v) is 13.7. The van der Waals surface area contributed by atoms with E-state index in [1.165, 1.54) is 13.1 Å². The largest absolute Gasteiger partial charge is 0.490 e. The van der Waals surface area contributed by atoms with E-state index in [1.807, 2.05) is 13.0 Å². The Morgan fingerprint density at radius 3 is 2.67 bits per heavy atom. The zero-order chi connectivity index (χ0) is 17.4. The van der Waals surface area contributed by atoms with Gasteiger partial charge in [0.25, 0.3) is 5.91 Å². The molecule has 2 rings (SSSR count). The molecule has 0 unspecified atom stereocenters. The SMILES string of the molecule is CCc1nccnc1C(=O)NCCOc1ccccc1NC(C)=O. The third-order valence-electron chi connectivity index (χ3n) is 3.17. The predicted molar refractivity (Wildman–Crippen MR) is 90.0 cm³/mol. The van der Waals surface area contributed by atoms with Gasteiger partial charge >= 0.3 is 0 Å². The van der Waals surface area contributed by atoms with Crippen molar-refractivity contribution < 1.29 is 14.3 Å². The van der Waals surface area contributed by atoms with Crippen molar-refractivity contribution in [3.05, 3.63) is 48.0 Å². The number of para-hydroxylation sites is 2. The first-order valence-electron chi connectivity index (χ1n) is 7.69. The van der Waals surface area contributed by atoms with Gasteiger partial charge in [-0.1, -0.05) is 19.1 Å². The Labute approximate surface area is 140 Å². The summed E-state index contributed by atoms with van der Waals surface area (Å²) in [7, 11) is 0. The van der Waals surface area contributed by atoms with E-state index >= 15 is 0 Å². The second kappa shape index (κ2) is 8.61. The minimum Gasteiger partial charge on any atom is -0.490 e. The summed E-state index contributed by atoms with van der Waals surface area (Å²) >= 11 is 0. The van der Waals surface area contributed by atoms with Gasteiger partial charge in [-0.25, -0.2) is 4.98 Å². The van der Waals surface area contributed by atoms with Gasteiger partial charge in [-0.15, -0.1) is 0 Å². The topological polar surface area (TPSA) is 93.2 Å². The minimum absolute atomic E-state index is 0.172. The molecule has 0 aliphatic carbocycles. The van der Waals surface area contributed by atoms with Crippen molar-refractivity contribution >= 4 is 17.5 Å². The predicted octanol–water partition coefficient (Wildman–Crippen LogP) is 1.81. The molecule has 0 aliphatic heterocycles. The Morgan fingerprint density at radius 2 is 1.92 bits per heavy atom. The van der Waals surface area contributed by atoms with Gasteiger partial charge in [0, 0.05) is 19.3 Å². The molecule has 1 aromatic heterocycles. The van der Waals surface area contributed by atoms with Gasteiger partial charge in [-0.3, -0.25) is 14.6 Å². The van der Waals surface area contributed by atoms with Crippen LogP contribution in [0, 0.1) is 0 Å². The third-order valence-corrected chi connectivity index (χ3v) is 3.17. The molecule has 0 saturated heterocycles. The van der Waals surface area contributed by atoms with E-state index in [0.717, 1.165) is 0 Å². The van der Waals surface area contributed by atoms with Crippen LogP contribution in [-0.2, 0) is 11.2 Å². The number of nitrogens with one attached hydrogen (secondary N) is 2. The molecule has 0 spiro atoms. The fraction of sp³-hybridized carbons (Fsp3) is 0.294. The number of amides is 2. The number of hydrogen-bond acceptors (Lipinski definition) is 5. The molecule has 2 aromatic rings. The Balaban J connectivity index is 1.87. The molecule has 24 heavy (non-hydrogen) atoms. The molecule has 0 saturated carbocycles. The van der Waals surface area contributed by atoms with Crippen LogP contribution in [0.5, 0.6) is 5.75 Å². The molecular formula is C17H20N4O3. The maximum atomic E-state index is 12.1. The summed E-state index contributed by atoms with van der Waals surface area (Å²) < 4.78 is 5.62. The molecule has 126 valence electrons. The summed E-state index contributed by atoms with van der Waals surface area (Å²) in [6.45, 7) is 3.93. The van der Waals surface area contributed by atoms with Crippen LogP contribution in [0.15, 0.2) is 36.7 Å². The summed E-state index contributed by atoms with van der Waals surface area (Å²) in [6, 6.07) is 7.12. The summed E-state index contributed by atoms with van der Waals surface area (Å²) in [4.78, 5) is 31.5. The Morgan fingerprint density at radius 1 is 1.17 bits per heavy atom. The molecule has 0 bridgehead atoms. The van der Waals surface area contributed by atoms with Gasteiger partial charge in [-0.2, -0.15) is 0 Å². The molecule has 7 heteroatoms. The molecule has 1 heterocycles. The summed E-state index contributed by atoms with van der Waals surface area (Å²) in [5.41, 5.74) is 1.59. The normalized spacial score (nSPS) is 10.1. The Hall–Kier alpha value is -2.96. The van der Waals surface area contributed by atoms with Crippen molar-refractivity contribution in [2.45, 2.75) is 20.3 Å². The van der Waals surface area contributed by atoms with Crippen molar-refractivity contribution in [3.8, 4) is 5.75 Å². The van der Waals surface area contributed by atoms with Gasteiger partial charge < -0.3 is 15.4 Å². The highest BCUT2D eigenvalue weighted by atomic mass is 16.5. The lowest BCUT2D eigenvalue weighted by Gasteiger charge is -2.12. The van der Waals surface area contributed by atoms with Crippen LogP contribution in [0.4, 0.5) is 5.69 Å². The average molecular weight is 328 g/mol. The van der Waals surface area contributed by atoms with Gasteiger partial charge in [0.05, 0.1) is 17.9 Å². The number of aromatic nitrogens is 2. The first-order valence-corrected chi connectivity index (χ1v) is 7.69. The van der Waals surface area contributed by atoms with Crippen LogP contribution >= 0.6 is 0 Å². The highest BCUT2D eigenvalue weighted by Gasteiger charge is 2.12. The number of carbonyl (C=O) groups is 2. The maximum Gasteiger partial charge on any atom is 0.271 e. The van der Waals surface area contributed by atoms with Crippen molar-refractivity contribution in [2.24, 2.45) is 0 Å². The van der Waals surface area contributed by atoms with Gasteiger partial charge in [0.15, 0.2) is 0 Å². The van der Waals surface area contributed by atoms with Crippen LogP contribution in [0.1, 0.15) is 30.0 Å². The van der Waals surface area contributed by atoms with E-state index in [0.29, 0.717) is 35.8 Å². The molecule has 2 amide bonds. The molecular weight excluding hydrogens is 308 g/mol. The Bertz CT molecular complexity index is 718. The fourth-order valence-electron chi connectivity index (χ4n) is 2.11. The lowest BCUT2D eigenvalue weighted by molar-refractivity contribution is -0.114. The van der Waals surface area contributed by atoms with E-state index in [4.69, 9.17) is 4.74 Å². The lowest BCUT2D eigenvalue weighted by atomic mass is 10.2. The fourth-order valence-corrected chi connectivity index (χ4v) is 2.11. The van der Waals surface area contributed by atoms with E-state index in [9.17, 15) is 9.59 Å². The van der Waals surface area contributed by atoms with Crippen molar-refractivity contribution in [1.29, 1.82) is 0 Å². The molecule has 1 aromatic carbocycles. The van der Waals surface area contributed by atoms with Gasteiger partial charge in [0.2, 0.25) is 5.91 Å². The van der Waals surface area contributed by atoms with Crippen molar-refractivity contribution in [1.82, 2.24) is 15.3 Å². The first-order chi connectivity index (χ1) is 11.6. The van der Waals surface area contributed by atoms with E-state index in [1.54, 1.807) is 24.4 Å². The highest BCUT2D eigenvalue weighted by molar-refractivity contribution is 5.93. The number of carbonyl (C=O) groups excluding carboxylic acids is 2. The van der Waals surface area contributed by atoms with Crippen LogP contribution in [0.25, 0.3) is 0 Å². The number of rotatable bonds is 7. The highest BCUT2D eigenvalue weighted by Crippen LogP contribution is 2.23. The smallest absolute Gasteiger partial charge is 0.271 e. The minimum atomic E-state index is -0.279. The lowest BCUT2D eigenvalue weighted by Crippen LogP contribution is -2.30. The van der Waals surface area contributed by atoms with Crippen LogP contribution in [0.2, 0.25) is 0 Å². The third kappa shape index (κ3) is 4.77. The van der Waals surface area contributed by atoms with Gasteiger partial charge in [0.1, 0.15) is 18.1 Å². The number of nitrogens with zero attached hydrogens (tertiary/aromatic N) is 2. The number of hydrogen-bond donors (Lipinski definition) is 2. The van der Waals surface area contributed by atoms with Crippen molar-refractivity contribution in [2.75, 3.05) is 18.5 Å². The molecule has 2 N–H and O–H groups in total. The van der Waals surface area contributed by atoms with E-state index in [-0.39, 0.29) is 18.4 Å². The van der Waals surface area contributed by atoms with Crippen LogP contribution in [-0.4, -0.2) is 34.9 Å². The zero-order valence-electron chi connectivity index (χ0n) is 13.7. The van der Waals surface area contributed by atoms with E-state index < -0.39 is 0 Å². The molecule has 0 radical (unpaired) electrons. The number of benzene rings is 1. The summed E-state index contributed by atoms with van der Waals surface area (Å²) in [5.74, 6) is 0.100. The monoisotopic (exact) mass is 328 g/mol. The van der Waals surface area contributed by atoms with Crippen LogP contribution < -0.4 is 15.4 Å². The molecule has 0 atom stereocenters.